The number of nitrogens with zero attached hydrogens (tertiary/aromatic N) is 4. The van der Waals surface area contributed by atoms with E-state index in [1.807, 2.05) is 30.8 Å². The zero-order valence-corrected chi connectivity index (χ0v) is 16.8. The molecule has 0 amide bonds. The van der Waals surface area contributed by atoms with Gasteiger partial charge in [-0.1, -0.05) is 18.6 Å². The van der Waals surface area contributed by atoms with Crippen LogP contribution >= 0.6 is 0 Å². The second kappa shape index (κ2) is 7.84. The molecular weight excluding hydrogens is 351 g/mol. The summed E-state index contributed by atoms with van der Waals surface area (Å²) in [4.78, 5) is 7.41. The van der Waals surface area contributed by atoms with Gasteiger partial charge < -0.3 is 0 Å². The van der Waals surface area contributed by atoms with Gasteiger partial charge in [-0.15, -0.1) is 0 Å². The summed E-state index contributed by atoms with van der Waals surface area (Å²) in [5, 5.41) is 4.49. The molecule has 1 atom stereocenters. The molecule has 0 unspecified atom stereocenters. The van der Waals surface area contributed by atoms with Crippen molar-refractivity contribution in [2.45, 2.75) is 45.7 Å². The van der Waals surface area contributed by atoms with Crippen LogP contribution in [0.2, 0.25) is 0 Å². The number of hydrogen-bond acceptors (Lipinski definition) is 3. The molecule has 0 radical (unpaired) electrons. The fourth-order valence-electron chi connectivity index (χ4n) is 4.21. The van der Waals surface area contributed by atoms with E-state index in [4.69, 9.17) is 4.98 Å². The number of pyridine rings is 1. The highest BCUT2D eigenvalue weighted by Crippen LogP contribution is 2.33. The number of piperidine rings is 1. The first kappa shape index (κ1) is 18.8. The molecule has 28 heavy (non-hydrogen) atoms. The van der Waals surface area contributed by atoms with Crippen LogP contribution in [0.1, 0.15) is 47.9 Å². The van der Waals surface area contributed by atoms with E-state index in [1.165, 1.54) is 30.5 Å². The van der Waals surface area contributed by atoms with Crippen molar-refractivity contribution in [1.29, 1.82) is 0 Å². The lowest BCUT2D eigenvalue weighted by molar-refractivity contribution is 0.137. The van der Waals surface area contributed by atoms with Gasteiger partial charge >= 0.3 is 0 Å². The van der Waals surface area contributed by atoms with Crippen LogP contribution in [0.15, 0.2) is 42.6 Å². The topological polar surface area (TPSA) is 34.0 Å². The van der Waals surface area contributed by atoms with Gasteiger partial charge in [0.1, 0.15) is 5.82 Å². The monoisotopic (exact) mass is 378 g/mol. The Morgan fingerprint density at radius 3 is 2.57 bits per heavy atom. The minimum atomic E-state index is -0.208. The van der Waals surface area contributed by atoms with Crippen molar-refractivity contribution in [3.8, 4) is 11.1 Å². The van der Waals surface area contributed by atoms with Crippen LogP contribution in [0.5, 0.6) is 0 Å². The van der Waals surface area contributed by atoms with Crippen LogP contribution in [0.3, 0.4) is 0 Å². The minimum Gasteiger partial charge on any atom is -0.290 e. The Kier molecular flexibility index (Phi) is 5.27. The van der Waals surface area contributed by atoms with E-state index in [9.17, 15) is 4.39 Å². The lowest BCUT2D eigenvalue weighted by atomic mass is 9.95. The number of aryl methyl sites for hydroxylation is 3. The average Bonchev–Trinajstić information content (AvgIpc) is 2.99. The van der Waals surface area contributed by atoms with Crippen LogP contribution in [-0.2, 0) is 13.6 Å². The predicted octanol–water partition coefficient (Wildman–Crippen LogP) is 4.97. The van der Waals surface area contributed by atoms with Crippen molar-refractivity contribution in [3.05, 3.63) is 71.1 Å². The highest BCUT2D eigenvalue weighted by Gasteiger charge is 2.26. The van der Waals surface area contributed by atoms with E-state index < -0.39 is 0 Å². The summed E-state index contributed by atoms with van der Waals surface area (Å²) in [5.74, 6) is -0.208. The fourth-order valence-corrected chi connectivity index (χ4v) is 4.21. The van der Waals surface area contributed by atoms with Crippen LogP contribution in [0.25, 0.3) is 11.1 Å². The SMILES string of the molecule is Cc1cc(-c2ccc(F)cc2)cc([C@H]2CCCCN2Cc2cn(C)nc2C)n1. The zero-order chi connectivity index (χ0) is 19.7. The Morgan fingerprint density at radius 1 is 1.07 bits per heavy atom. The molecule has 3 heterocycles. The van der Waals surface area contributed by atoms with Crippen molar-refractivity contribution in [1.82, 2.24) is 19.7 Å². The smallest absolute Gasteiger partial charge is 0.123 e. The summed E-state index contributed by atoms with van der Waals surface area (Å²) in [6.07, 6.45) is 5.66. The van der Waals surface area contributed by atoms with Crippen molar-refractivity contribution in [2.24, 2.45) is 7.05 Å². The standard InChI is InChI=1S/C23H27FN4/c1-16-12-19(18-7-9-21(24)10-8-18)13-22(25-16)23-6-4-5-11-28(23)15-20-14-27(3)26-17(20)2/h7-10,12-14,23H,4-6,11,15H2,1-3H3/t23-/m1/s1. The highest BCUT2D eigenvalue weighted by molar-refractivity contribution is 5.64. The zero-order valence-electron chi connectivity index (χ0n) is 16.8. The molecule has 4 nitrogen and oxygen atoms in total. The number of likely N-dealkylation sites (tertiary alicyclic amines) is 1. The summed E-state index contributed by atoms with van der Waals surface area (Å²) in [6.45, 7) is 6.08. The third kappa shape index (κ3) is 3.99. The molecule has 2 aromatic heterocycles. The van der Waals surface area contributed by atoms with Gasteiger partial charge in [0.2, 0.25) is 0 Å². The summed E-state index contributed by atoms with van der Waals surface area (Å²) < 4.78 is 15.2. The van der Waals surface area contributed by atoms with E-state index in [-0.39, 0.29) is 5.82 Å². The molecule has 0 N–H and O–H groups in total. The van der Waals surface area contributed by atoms with Crippen LogP contribution in [0.4, 0.5) is 4.39 Å². The lowest BCUT2D eigenvalue weighted by Gasteiger charge is -2.35. The van der Waals surface area contributed by atoms with Crippen molar-refractivity contribution in [2.75, 3.05) is 6.54 Å². The van der Waals surface area contributed by atoms with E-state index in [1.54, 1.807) is 0 Å². The fraction of sp³-hybridized carbons (Fsp3) is 0.391. The Bertz CT molecular complexity index is 961. The maximum absolute atomic E-state index is 13.3. The molecule has 3 aromatic rings. The molecule has 0 bridgehead atoms. The minimum absolute atomic E-state index is 0.208. The van der Waals surface area contributed by atoms with Gasteiger partial charge in [0, 0.05) is 31.0 Å². The van der Waals surface area contributed by atoms with E-state index in [0.717, 1.165) is 47.7 Å². The Labute approximate surface area is 166 Å². The lowest BCUT2D eigenvalue weighted by Crippen LogP contribution is -2.33. The largest absolute Gasteiger partial charge is 0.290 e. The molecule has 146 valence electrons. The molecule has 1 saturated heterocycles. The first-order chi connectivity index (χ1) is 13.5. The third-order valence-corrected chi connectivity index (χ3v) is 5.59. The molecular formula is C23H27FN4. The highest BCUT2D eigenvalue weighted by atomic mass is 19.1. The summed E-state index contributed by atoms with van der Waals surface area (Å²) in [6, 6.07) is 11.3. The normalized spacial score (nSPS) is 17.8. The predicted molar refractivity (Wildman–Crippen MR) is 109 cm³/mol. The molecule has 1 aromatic carbocycles. The van der Waals surface area contributed by atoms with Gasteiger partial charge in [0.25, 0.3) is 0 Å². The molecule has 0 aliphatic carbocycles. The quantitative estimate of drug-likeness (QED) is 0.643. The van der Waals surface area contributed by atoms with Gasteiger partial charge in [-0.25, -0.2) is 4.39 Å². The van der Waals surface area contributed by atoms with Crippen LogP contribution in [0, 0.1) is 19.7 Å². The number of benzene rings is 1. The second-order valence-corrected chi connectivity index (χ2v) is 7.82. The number of halogens is 1. The molecule has 0 spiro atoms. The van der Waals surface area contributed by atoms with Gasteiger partial charge in [0.05, 0.1) is 17.4 Å². The molecule has 4 rings (SSSR count). The van der Waals surface area contributed by atoms with Gasteiger partial charge in [-0.3, -0.25) is 14.6 Å². The Balaban J connectivity index is 1.65. The summed E-state index contributed by atoms with van der Waals surface area (Å²) in [7, 11) is 1.97. The van der Waals surface area contributed by atoms with E-state index in [2.05, 4.69) is 35.3 Å². The van der Waals surface area contributed by atoms with E-state index in [0.29, 0.717) is 6.04 Å². The molecule has 1 aliphatic rings. The van der Waals surface area contributed by atoms with Gasteiger partial charge in [-0.2, -0.15) is 5.10 Å². The Morgan fingerprint density at radius 2 is 1.86 bits per heavy atom. The maximum atomic E-state index is 13.3. The molecule has 5 heteroatoms. The number of rotatable bonds is 4. The average molecular weight is 378 g/mol. The second-order valence-electron chi connectivity index (χ2n) is 7.82. The van der Waals surface area contributed by atoms with Crippen molar-refractivity contribution >= 4 is 0 Å². The molecule has 0 saturated carbocycles. The Hall–Kier alpha value is -2.53. The first-order valence-electron chi connectivity index (χ1n) is 9.97. The maximum Gasteiger partial charge on any atom is 0.123 e. The number of hydrogen-bond donors (Lipinski definition) is 0. The van der Waals surface area contributed by atoms with Gasteiger partial charge in [0.15, 0.2) is 0 Å². The molecule has 1 aliphatic heterocycles. The number of aromatic nitrogens is 3. The van der Waals surface area contributed by atoms with E-state index >= 15 is 0 Å². The van der Waals surface area contributed by atoms with Crippen molar-refractivity contribution in [3.63, 3.8) is 0 Å². The van der Waals surface area contributed by atoms with Crippen molar-refractivity contribution < 1.29 is 4.39 Å². The summed E-state index contributed by atoms with van der Waals surface area (Å²) in [5.41, 5.74) is 6.61. The molecule has 1 fully saturated rings. The first-order valence-corrected chi connectivity index (χ1v) is 9.97. The summed E-state index contributed by atoms with van der Waals surface area (Å²) >= 11 is 0. The third-order valence-electron chi connectivity index (χ3n) is 5.59. The van der Waals surface area contributed by atoms with Crippen LogP contribution in [-0.4, -0.2) is 26.2 Å². The van der Waals surface area contributed by atoms with Gasteiger partial charge in [-0.05, 0) is 68.6 Å². The van der Waals surface area contributed by atoms with Crippen LogP contribution < -0.4 is 0 Å².